The molecule has 2 heterocycles. The second-order valence-electron chi connectivity index (χ2n) is 10.4. The number of benzene rings is 2. The second kappa shape index (κ2) is 12.4. The SMILES string of the molecule is CN=Cc1cc2c(Oc3ccc(NC(=O)NC4CC4)c(C)c3)ccnc2cc1OC[C@H](O)CN1CCCCC1. The van der Waals surface area contributed by atoms with Gasteiger partial charge in [-0.25, -0.2) is 4.79 Å². The average Bonchev–Trinajstić information content (AvgIpc) is 3.74. The minimum Gasteiger partial charge on any atom is -0.490 e. The van der Waals surface area contributed by atoms with Crippen molar-refractivity contribution in [2.24, 2.45) is 4.99 Å². The Kier molecular flexibility index (Phi) is 8.58. The smallest absolute Gasteiger partial charge is 0.319 e. The number of hydrogen-bond acceptors (Lipinski definition) is 7. The van der Waals surface area contributed by atoms with Crippen LogP contribution in [0.5, 0.6) is 17.2 Å². The number of rotatable bonds is 10. The Bertz CT molecular complexity index is 1330. The molecule has 5 rings (SSSR count). The minimum absolute atomic E-state index is 0.184. The lowest BCUT2D eigenvalue weighted by Gasteiger charge is -2.28. The normalized spacial score (nSPS) is 16.8. The van der Waals surface area contributed by atoms with Crippen molar-refractivity contribution in [3.63, 3.8) is 0 Å². The van der Waals surface area contributed by atoms with Gasteiger partial charge in [0.15, 0.2) is 0 Å². The predicted molar refractivity (Wildman–Crippen MR) is 153 cm³/mol. The molecule has 3 aromatic rings. The van der Waals surface area contributed by atoms with Gasteiger partial charge in [-0.3, -0.25) is 9.98 Å². The molecule has 206 valence electrons. The molecule has 1 aromatic heterocycles. The van der Waals surface area contributed by atoms with Gasteiger partial charge < -0.3 is 30.1 Å². The van der Waals surface area contributed by atoms with Crippen LogP contribution in [0.4, 0.5) is 10.5 Å². The van der Waals surface area contributed by atoms with E-state index in [1.807, 2.05) is 43.3 Å². The number of aliphatic hydroxyl groups is 1. The summed E-state index contributed by atoms with van der Waals surface area (Å²) in [6.07, 6.45) is 8.57. The Hall–Kier alpha value is -3.69. The number of fused-ring (bicyclic) bond motifs is 1. The van der Waals surface area contributed by atoms with Crippen molar-refractivity contribution in [1.29, 1.82) is 0 Å². The minimum atomic E-state index is -0.576. The van der Waals surface area contributed by atoms with Gasteiger partial charge in [-0.2, -0.15) is 0 Å². The monoisotopic (exact) mass is 531 g/mol. The van der Waals surface area contributed by atoms with E-state index < -0.39 is 6.10 Å². The molecule has 1 saturated heterocycles. The lowest BCUT2D eigenvalue weighted by molar-refractivity contribution is 0.0617. The van der Waals surface area contributed by atoms with Crippen LogP contribution in [0.2, 0.25) is 0 Å². The summed E-state index contributed by atoms with van der Waals surface area (Å²) in [5.41, 5.74) is 3.14. The highest BCUT2D eigenvalue weighted by molar-refractivity contribution is 5.95. The maximum Gasteiger partial charge on any atom is 0.319 e. The number of amides is 2. The van der Waals surface area contributed by atoms with Crippen LogP contribution in [0.25, 0.3) is 10.9 Å². The number of aromatic nitrogens is 1. The van der Waals surface area contributed by atoms with E-state index in [1.54, 1.807) is 19.5 Å². The zero-order valence-corrected chi connectivity index (χ0v) is 22.7. The fourth-order valence-electron chi connectivity index (χ4n) is 4.84. The predicted octanol–water partition coefficient (Wildman–Crippen LogP) is 4.89. The molecule has 1 aliphatic heterocycles. The highest BCUT2D eigenvalue weighted by atomic mass is 16.5. The standard InChI is InChI=1S/C30H37N5O4/c1-20-14-24(8-9-26(20)34-30(37)33-22-6-7-22)39-28-10-11-32-27-16-29(21(17-31-2)15-25(27)28)38-19-23(36)18-35-12-4-3-5-13-35/h8-11,14-17,22-23,36H,3-7,12-13,18-19H2,1-2H3,(H2,33,34,37)/t23-/m1/s1. The molecule has 2 aromatic carbocycles. The topological polar surface area (TPSA) is 108 Å². The number of hydrogen-bond donors (Lipinski definition) is 3. The number of urea groups is 1. The lowest BCUT2D eigenvalue weighted by atomic mass is 10.1. The molecule has 0 spiro atoms. The Morgan fingerprint density at radius 1 is 1.18 bits per heavy atom. The van der Waals surface area contributed by atoms with Crippen molar-refractivity contribution >= 4 is 28.8 Å². The van der Waals surface area contributed by atoms with Gasteiger partial charge in [0.2, 0.25) is 0 Å². The summed E-state index contributed by atoms with van der Waals surface area (Å²) in [5, 5.41) is 17.2. The van der Waals surface area contributed by atoms with Gasteiger partial charge in [0.1, 0.15) is 30.0 Å². The fourth-order valence-corrected chi connectivity index (χ4v) is 4.84. The highest BCUT2D eigenvalue weighted by Gasteiger charge is 2.23. The van der Waals surface area contributed by atoms with E-state index in [9.17, 15) is 9.90 Å². The summed E-state index contributed by atoms with van der Waals surface area (Å²) in [6.45, 7) is 4.80. The number of β-amino-alcohol motifs (C(OH)–C–C–N with tert-alkyl or cyclic N) is 1. The number of aryl methyl sites for hydroxylation is 1. The Morgan fingerprint density at radius 2 is 2.00 bits per heavy atom. The molecule has 2 fully saturated rings. The van der Waals surface area contributed by atoms with Crippen LogP contribution in [-0.4, -0.2) is 72.7 Å². The maximum atomic E-state index is 12.1. The molecular formula is C30H37N5O4. The maximum absolute atomic E-state index is 12.1. The van der Waals surface area contributed by atoms with E-state index in [2.05, 4.69) is 25.5 Å². The fraction of sp³-hybridized carbons (Fsp3) is 0.433. The first-order valence-electron chi connectivity index (χ1n) is 13.7. The van der Waals surface area contributed by atoms with E-state index in [0.29, 0.717) is 35.4 Å². The van der Waals surface area contributed by atoms with Gasteiger partial charge in [-0.15, -0.1) is 0 Å². The van der Waals surface area contributed by atoms with Crippen LogP contribution in [0.3, 0.4) is 0 Å². The molecule has 3 N–H and O–H groups in total. The number of nitrogens with zero attached hydrogens (tertiary/aromatic N) is 3. The Labute approximate surface area is 229 Å². The van der Waals surface area contributed by atoms with E-state index in [4.69, 9.17) is 9.47 Å². The quantitative estimate of drug-likeness (QED) is 0.322. The van der Waals surface area contributed by atoms with Gasteiger partial charge in [-0.1, -0.05) is 6.42 Å². The Morgan fingerprint density at radius 3 is 2.74 bits per heavy atom. The summed E-state index contributed by atoms with van der Waals surface area (Å²) in [7, 11) is 1.71. The van der Waals surface area contributed by atoms with Gasteiger partial charge in [0.25, 0.3) is 0 Å². The van der Waals surface area contributed by atoms with Crippen molar-refractivity contribution in [2.75, 3.05) is 38.6 Å². The second-order valence-corrected chi connectivity index (χ2v) is 10.4. The molecule has 1 saturated carbocycles. The molecule has 39 heavy (non-hydrogen) atoms. The molecule has 0 radical (unpaired) electrons. The molecule has 2 amide bonds. The number of pyridine rings is 1. The van der Waals surface area contributed by atoms with E-state index in [1.165, 1.54) is 19.3 Å². The van der Waals surface area contributed by atoms with E-state index >= 15 is 0 Å². The van der Waals surface area contributed by atoms with E-state index in [-0.39, 0.29) is 12.6 Å². The van der Waals surface area contributed by atoms with Gasteiger partial charge >= 0.3 is 6.03 Å². The van der Waals surface area contributed by atoms with Crippen LogP contribution in [0.1, 0.15) is 43.2 Å². The third-order valence-electron chi connectivity index (χ3n) is 7.04. The largest absolute Gasteiger partial charge is 0.490 e. The van der Waals surface area contributed by atoms with Gasteiger partial charge in [0, 0.05) is 54.7 Å². The van der Waals surface area contributed by atoms with Crippen molar-refractivity contribution in [1.82, 2.24) is 15.2 Å². The molecule has 1 aliphatic carbocycles. The molecule has 9 nitrogen and oxygen atoms in total. The number of piperidine rings is 1. The average molecular weight is 532 g/mol. The number of aliphatic imine (C=N–C) groups is 1. The number of carbonyl (C=O) groups is 1. The summed E-state index contributed by atoms with van der Waals surface area (Å²) in [5.74, 6) is 1.92. The van der Waals surface area contributed by atoms with Gasteiger partial charge in [-0.05, 0) is 81.6 Å². The first-order valence-corrected chi connectivity index (χ1v) is 13.7. The van der Waals surface area contributed by atoms with Gasteiger partial charge in [0.05, 0.1) is 5.52 Å². The van der Waals surface area contributed by atoms with E-state index in [0.717, 1.165) is 48.1 Å². The van der Waals surface area contributed by atoms with Crippen LogP contribution >= 0.6 is 0 Å². The van der Waals surface area contributed by atoms with Crippen LogP contribution in [0.15, 0.2) is 47.6 Å². The van der Waals surface area contributed by atoms with Crippen molar-refractivity contribution in [3.05, 3.63) is 53.7 Å². The summed E-state index contributed by atoms with van der Waals surface area (Å²) in [4.78, 5) is 23.1. The number of aliphatic hydroxyl groups excluding tert-OH is 1. The summed E-state index contributed by atoms with van der Waals surface area (Å²) in [6, 6.07) is 11.3. The lowest BCUT2D eigenvalue weighted by Crippen LogP contribution is -2.38. The van der Waals surface area contributed by atoms with Crippen molar-refractivity contribution < 1.29 is 19.4 Å². The molecule has 0 bridgehead atoms. The molecule has 0 unspecified atom stereocenters. The number of ether oxygens (including phenoxy) is 2. The first-order chi connectivity index (χ1) is 19.0. The first kappa shape index (κ1) is 26.9. The molecular weight excluding hydrogens is 494 g/mol. The summed E-state index contributed by atoms with van der Waals surface area (Å²) >= 11 is 0. The zero-order chi connectivity index (χ0) is 27.2. The third-order valence-corrected chi connectivity index (χ3v) is 7.04. The van der Waals surface area contributed by atoms with Crippen LogP contribution in [-0.2, 0) is 0 Å². The molecule has 2 aliphatic rings. The number of anilines is 1. The zero-order valence-electron chi connectivity index (χ0n) is 22.7. The van der Waals surface area contributed by atoms with Crippen LogP contribution in [0, 0.1) is 6.92 Å². The molecule has 9 heteroatoms. The number of likely N-dealkylation sites (tertiary alicyclic amines) is 1. The molecule has 1 atom stereocenters. The number of carbonyl (C=O) groups excluding carboxylic acids is 1. The number of nitrogens with one attached hydrogen (secondary N) is 2. The summed E-state index contributed by atoms with van der Waals surface area (Å²) < 4.78 is 12.3. The Balaban J connectivity index is 1.30. The highest BCUT2D eigenvalue weighted by Crippen LogP contribution is 2.34. The van der Waals surface area contributed by atoms with Crippen LogP contribution < -0.4 is 20.1 Å². The van der Waals surface area contributed by atoms with Crippen molar-refractivity contribution in [3.8, 4) is 17.2 Å². The van der Waals surface area contributed by atoms with Crippen molar-refractivity contribution in [2.45, 2.75) is 51.2 Å². The third kappa shape index (κ3) is 7.25.